The molecule has 0 saturated heterocycles. The van der Waals surface area contributed by atoms with E-state index in [-0.39, 0.29) is 0 Å². The van der Waals surface area contributed by atoms with Crippen LogP contribution in [0.15, 0.2) is 34.8 Å². The standard InChI is InChI=1S/C14H11Cl2NOS/c15-11-3-1-8(7-12(11)16)9-2-4-13(17-18)14-10(9)5-6-19-14/h1,3,5-7,9,18H,2,4H2/b17-13-. The van der Waals surface area contributed by atoms with Gasteiger partial charge in [0.15, 0.2) is 0 Å². The second-order valence-electron chi connectivity index (χ2n) is 4.52. The lowest BCUT2D eigenvalue weighted by atomic mass is 9.82. The summed E-state index contributed by atoms with van der Waals surface area (Å²) in [6, 6.07) is 7.87. The van der Waals surface area contributed by atoms with Crippen LogP contribution in [-0.4, -0.2) is 10.9 Å². The molecule has 19 heavy (non-hydrogen) atoms. The maximum Gasteiger partial charge on any atom is 0.0970 e. The van der Waals surface area contributed by atoms with Crippen LogP contribution in [0, 0.1) is 0 Å². The molecule has 2 nitrogen and oxygen atoms in total. The summed E-state index contributed by atoms with van der Waals surface area (Å²) in [5.41, 5.74) is 3.15. The molecule has 1 N–H and O–H groups in total. The number of benzene rings is 1. The summed E-state index contributed by atoms with van der Waals surface area (Å²) in [6.07, 6.45) is 1.69. The van der Waals surface area contributed by atoms with Gasteiger partial charge in [-0.25, -0.2) is 0 Å². The predicted molar refractivity (Wildman–Crippen MR) is 80.2 cm³/mol. The Morgan fingerprint density at radius 3 is 2.79 bits per heavy atom. The highest BCUT2D eigenvalue weighted by Crippen LogP contribution is 2.40. The number of rotatable bonds is 1. The van der Waals surface area contributed by atoms with Crippen LogP contribution in [0.2, 0.25) is 10.0 Å². The first-order valence-corrected chi connectivity index (χ1v) is 7.58. The van der Waals surface area contributed by atoms with Gasteiger partial charge in [0, 0.05) is 5.92 Å². The molecule has 0 amide bonds. The number of hydrogen-bond acceptors (Lipinski definition) is 3. The van der Waals surface area contributed by atoms with E-state index < -0.39 is 0 Å². The van der Waals surface area contributed by atoms with Crippen LogP contribution in [0.1, 0.15) is 34.8 Å². The van der Waals surface area contributed by atoms with Crippen molar-refractivity contribution in [2.45, 2.75) is 18.8 Å². The molecule has 98 valence electrons. The fraction of sp³-hybridized carbons (Fsp3) is 0.214. The average Bonchev–Trinajstić information content (AvgIpc) is 2.90. The quantitative estimate of drug-likeness (QED) is 0.572. The minimum atomic E-state index is 0.293. The number of halogens is 2. The van der Waals surface area contributed by atoms with Crippen LogP contribution in [0.5, 0.6) is 0 Å². The number of thiophene rings is 1. The normalized spacial score (nSPS) is 20.5. The lowest BCUT2D eigenvalue weighted by molar-refractivity contribution is 0.317. The molecule has 0 radical (unpaired) electrons. The minimum absolute atomic E-state index is 0.293. The largest absolute Gasteiger partial charge is 0.411 e. The van der Waals surface area contributed by atoms with Gasteiger partial charge in [-0.15, -0.1) is 11.3 Å². The third-order valence-corrected chi connectivity index (χ3v) is 5.19. The van der Waals surface area contributed by atoms with E-state index >= 15 is 0 Å². The van der Waals surface area contributed by atoms with E-state index in [2.05, 4.69) is 11.2 Å². The Morgan fingerprint density at radius 2 is 2.05 bits per heavy atom. The van der Waals surface area contributed by atoms with Crippen LogP contribution in [0.4, 0.5) is 0 Å². The van der Waals surface area contributed by atoms with Crippen LogP contribution >= 0.6 is 34.5 Å². The molecule has 3 rings (SSSR count). The van der Waals surface area contributed by atoms with Crippen molar-refractivity contribution < 1.29 is 5.21 Å². The van der Waals surface area contributed by atoms with E-state index in [1.54, 1.807) is 11.3 Å². The van der Waals surface area contributed by atoms with Gasteiger partial charge >= 0.3 is 0 Å². The SMILES string of the molecule is O/N=C1/CCC(c2ccc(Cl)c(Cl)c2)c2ccsc21. The highest BCUT2D eigenvalue weighted by Gasteiger charge is 2.27. The molecular weight excluding hydrogens is 301 g/mol. The van der Waals surface area contributed by atoms with Gasteiger partial charge in [0.25, 0.3) is 0 Å². The third kappa shape index (κ3) is 2.27. The van der Waals surface area contributed by atoms with Crippen molar-refractivity contribution in [2.24, 2.45) is 5.16 Å². The Balaban J connectivity index is 2.06. The summed E-state index contributed by atoms with van der Waals surface area (Å²) in [5, 5.41) is 15.6. The lowest BCUT2D eigenvalue weighted by Crippen LogP contribution is -2.15. The molecule has 1 unspecified atom stereocenters. The zero-order chi connectivity index (χ0) is 13.4. The van der Waals surface area contributed by atoms with Crippen LogP contribution in [-0.2, 0) is 0 Å². The average molecular weight is 312 g/mol. The van der Waals surface area contributed by atoms with E-state index in [1.165, 1.54) is 5.56 Å². The van der Waals surface area contributed by atoms with Crippen LogP contribution < -0.4 is 0 Å². The van der Waals surface area contributed by atoms with Crippen molar-refractivity contribution in [1.82, 2.24) is 0 Å². The summed E-state index contributed by atoms with van der Waals surface area (Å²) in [7, 11) is 0. The van der Waals surface area contributed by atoms with E-state index in [1.807, 2.05) is 23.6 Å². The van der Waals surface area contributed by atoms with Crippen molar-refractivity contribution in [3.05, 3.63) is 55.7 Å². The van der Waals surface area contributed by atoms with Gasteiger partial charge < -0.3 is 5.21 Å². The third-order valence-electron chi connectivity index (χ3n) is 3.47. The molecule has 1 aliphatic rings. The molecular formula is C14H11Cl2NOS. The van der Waals surface area contributed by atoms with Gasteiger partial charge in [-0.1, -0.05) is 34.4 Å². The Labute approximate surface area is 125 Å². The number of hydrogen-bond donors (Lipinski definition) is 1. The van der Waals surface area contributed by atoms with E-state index in [4.69, 9.17) is 28.4 Å². The first-order chi connectivity index (χ1) is 9.20. The molecule has 0 bridgehead atoms. The van der Waals surface area contributed by atoms with Crippen molar-refractivity contribution in [1.29, 1.82) is 0 Å². The van der Waals surface area contributed by atoms with E-state index in [9.17, 15) is 0 Å². The molecule has 1 heterocycles. The van der Waals surface area contributed by atoms with Crippen LogP contribution in [0.25, 0.3) is 0 Å². The number of fused-ring (bicyclic) bond motifs is 1. The molecule has 1 aliphatic carbocycles. The Morgan fingerprint density at radius 1 is 1.21 bits per heavy atom. The summed E-state index contributed by atoms with van der Waals surface area (Å²) in [6.45, 7) is 0. The Kier molecular flexibility index (Phi) is 3.52. The van der Waals surface area contributed by atoms with E-state index in [0.717, 1.165) is 29.0 Å². The van der Waals surface area contributed by atoms with Gasteiger partial charge in [-0.2, -0.15) is 0 Å². The maximum absolute atomic E-state index is 9.05. The second kappa shape index (κ2) is 5.16. The van der Waals surface area contributed by atoms with Gasteiger partial charge in [0.1, 0.15) is 0 Å². The van der Waals surface area contributed by atoms with Gasteiger partial charge in [0.2, 0.25) is 0 Å². The molecule has 5 heteroatoms. The zero-order valence-electron chi connectivity index (χ0n) is 9.94. The molecule has 0 aliphatic heterocycles. The van der Waals surface area contributed by atoms with Crippen molar-refractivity contribution in [3.8, 4) is 0 Å². The van der Waals surface area contributed by atoms with Gasteiger partial charge in [-0.05, 0) is 47.5 Å². The van der Waals surface area contributed by atoms with Crippen molar-refractivity contribution >= 4 is 40.3 Å². The van der Waals surface area contributed by atoms with Crippen LogP contribution in [0.3, 0.4) is 0 Å². The second-order valence-corrected chi connectivity index (χ2v) is 6.25. The zero-order valence-corrected chi connectivity index (χ0v) is 12.3. The molecule has 0 saturated carbocycles. The first-order valence-electron chi connectivity index (χ1n) is 5.94. The smallest absolute Gasteiger partial charge is 0.0970 e. The Bertz CT molecular complexity index is 651. The van der Waals surface area contributed by atoms with Crippen molar-refractivity contribution in [2.75, 3.05) is 0 Å². The lowest BCUT2D eigenvalue weighted by Gasteiger charge is -2.23. The topological polar surface area (TPSA) is 32.6 Å². The maximum atomic E-state index is 9.05. The molecule has 1 atom stereocenters. The van der Waals surface area contributed by atoms with Crippen molar-refractivity contribution in [3.63, 3.8) is 0 Å². The van der Waals surface area contributed by atoms with Gasteiger partial charge in [-0.3, -0.25) is 0 Å². The fourth-order valence-electron chi connectivity index (χ4n) is 2.55. The summed E-state index contributed by atoms with van der Waals surface area (Å²) in [4.78, 5) is 1.07. The Hall–Kier alpha value is -1.03. The molecule has 1 aromatic heterocycles. The highest BCUT2D eigenvalue weighted by molar-refractivity contribution is 7.12. The van der Waals surface area contributed by atoms with Gasteiger partial charge in [0.05, 0.1) is 20.6 Å². The monoisotopic (exact) mass is 311 g/mol. The highest BCUT2D eigenvalue weighted by atomic mass is 35.5. The summed E-state index contributed by atoms with van der Waals surface area (Å²) >= 11 is 13.7. The molecule has 0 spiro atoms. The number of nitrogens with zero attached hydrogens (tertiary/aromatic N) is 1. The summed E-state index contributed by atoms with van der Waals surface area (Å²) in [5.74, 6) is 0.293. The fourth-order valence-corrected chi connectivity index (χ4v) is 3.83. The summed E-state index contributed by atoms with van der Waals surface area (Å²) < 4.78 is 0. The predicted octanol–water partition coefficient (Wildman–Crippen LogP) is 5.16. The molecule has 0 fully saturated rings. The number of oxime groups is 1. The molecule has 2 aromatic rings. The minimum Gasteiger partial charge on any atom is -0.411 e. The van der Waals surface area contributed by atoms with E-state index in [0.29, 0.717) is 16.0 Å². The molecule has 1 aromatic carbocycles. The first kappa shape index (κ1) is 13.0.